The summed E-state index contributed by atoms with van der Waals surface area (Å²) in [5.74, 6) is 0. The summed E-state index contributed by atoms with van der Waals surface area (Å²) in [6.07, 6.45) is 1.59. The number of hydrogen-bond donors (Lipinski definition) is 1. The van der Waals surface area contributed by atoms with Crippen LogP contribution < -0.4 is 5.73 Å². The van der Waals surface area contributed by atoms with E-state index < -0.39 is 12.6 Å². The number of alkyl halides is 3. The molecule has 5 heteroatoms. The van der Waals surface area contributed by atoms with Crippen LogP contribution in [0.15, 0.2) is 0 Å². The van der Waals surface area contributed by atoms with Crippen molar-refractivity contribution in [1.29, 1.82) is 0 Å². The minimum atomic E-state index is -4.08. The van der Waals surface area contributed by atoms with Gasteiger partial charge in [0.15, 0.2) is 0 Å². The zero-order valence-corrected chi connectivity index (χ0v) is 11.2. The third-order valence-electron chi connectivity index (χ3n) is 4.13. The Morgan fingerprint density at radius 1 is 1.11 bits per heavy atom. The summed E-state index contributed by atoms with van der Waals surface area (Å²) in [5.41, 5.74) is 5.70. The van der Waals surface area contributed by atoms with Gasteiger partial charge in [0.2, 0.25) is 0 Å². The molecule has 1 saturated carbocycles. The summed E-state index contributed by atoms with van der Waals surface area (Å²) in [6.45, 7) is 3.13. The Balaban J connectivity index is 2.68. The molecule has 2 nitrogen and oxygen atoms in total. The van der Waals surface area contributed by atoms with Crippen molar-refractivity contribution in [3.8, 4) is 0 Å². The Morgan fingerprint density at radius 3 is 2.06 bits per heavy atom. The lowest BCUT2D eigenvalue weighted by Crippen LogP contribution is -2.54. The van der Waals surface area contributed by atoms with Crippen LogP contribution in [0.25, 0.3) is 0 Å². The smallest absolute Gasteiger partial charge is 0.329 e. The lowest BCUT2D eigenvalue weighted by atomic mass is 9.88. The highest BCUT2D eigenvalue weighted by molar-refractivity contribution is 4.93. The van der Waals surface area contributed by atoms with Crippen LogP contribution in [0.2, 0.25) is 0 Å². The molecule has 108 valence electrons. The molecule has 18 heavy (non-hydrogen) atoms. The van der Waals surface area contributed by atoms with Gasteiger partial charge in [-0.1, -0.05) is 32.6 Å². The maximum atomic E-state index is 12.4. The monoisotopic (exact) mass is 266 g/mol. The predicted octanol–water partition coefficient (Wildman–Crippen LogP) is 3.31. The molecule has 1 fully saturated rings. The van der Waals surface area contributed by atoms with Gasteiger partial charge in [0, 0.05) is 18.6 Å². The molecule has 0 heterocycles. The number of hydrogen-bond acceptors (Lipinski definition) is 2. The van der Waals surface area contributed by atoms with Gasteiger partial charge in [-0.25, -0.2) is 0 Å². The second-order valence-electron chi connectivity index (χ2n) is 5.29. The first-order valence-electron chi connectivity index (χ1n) is 6.95. The Bertz CT molecular complexity index is 233. The number of rotatable bonds is 5. The van der Waals surface area contributed by atoms with Gasteiger partial charge in [-0.3, -0.25) is 4.90 Å². The Labute approximate surface area is 108 Å². The molecular formula is C13H25F3N2. The fraction of sp³-hybridized carbons (Fsp3) is 1.00. The van der Waals surface area contributed by atoms with Crippen molar-refractivity contribution in [3.63, 3.8) is 0 Å². The van der Waals surface area contributed by atoms with Crippen LogP contribution in [-0.4, -0.2) is 36.2 Å². The second-order valence-corrected chi connectivity index (χ2v) is 5.29. The molecule has 0 radical (unpaired) electrons. The van der Waals surface area contributed by atoms with E-state index in [0.29, 0.717) is 13.1 Å². The van der Waals surface area contributed by atoms with Gasteiger partial charge < -0.3 is 5.73 Å². The van der Waals surface area contributed by atoms with Crippen molar-refractivity contribution >= 4 is 0 Å². The van der Waals surface area contributed by atoms with Crippen molar-refractivity contribution in [2.24, 2.45) is 5.73 Å². The third-order valence-corrected chi connectivity index (χ3v) is 4.13. The van der Waals surface area contributed by atoms with Gasteiger partial charge in [0.25, 0.3) is 0 Å². The van der Waals surface area contributed by atoms with E-state index in [-0.39, 0.29) is 12.1 Å². The van der Waals surface area contributed by atoms with E-state index in [1.807, 2.05) is 11.8 Å². The van der Waals surface area contributed by atoms with E-state index in [2.05, 4.69) is 0 Å². The number of halogens is 3. The largest absolute Gasteiger partial charge is 0.390 e. The van der Waals surface area contributed by atoms with Gasteiger partial charge in [-0.05, 0) is 19.4 Å². The Morgan fingerprint density at radius 2 is 1.67 bits per heavy atom. The van der Waals surface area contributed by atoms with E-state index in [1.54, 1.807) is 0 Å². The molecule has 0 aromatic carbocycles. The zero-order valence-electron chi connectivity index (χ0n) is 11.2. The molecule has 0 amide bonds. The molecule has 0 aliphatic heterocycles. The van der Waals surface area contributed by atoms with Crippen molar-refractivity contribution in [2.45, 2.75) is 63.6 Å². The number of nitrogens with zero attached hydrogens (tertiary/aromatic N) is 1. The molecule has 0 bridgehead atoms. The van der Waals surface area contributed by atoms with Crippen LogP contribution in [0.1, 0.15) is 51.9 Å². The van der Waals surface area contributed by atoms with Gasteiger partial charge in [-0.2, -0.15) is 13.2 Å². The Kier molecular flexibility index (Phi) is 5.92. The molecule has 1 aliphatic carbocycles. The fourth-order valence-corrected chi connectivity index (χ4v) is 3.03. The predicted molar refractivity (Wildman–Crippen MR) is 67.4 cm³/mol. The molecule has 0 saturated heterocycles. The minimum Gasteiger partial charge on any atom is -0.329 e. The highest BCUT2D eigenvalue weighted by Crippen LogP contribution is 2.33. The van der Waals surface area contributed by atoms with Crippen molar-refractivity contribution in [3.05, 3.63) is 0 Å². The van der Waals surface area contributed by atoms with E-state index in [1.165, 1.54) is 12.8 Å². The van der Waals surface area contributed by atoms with Crippen LogP contribution in [-0.2, 0) is 0 Å². The van der Waals surface area contributed by atoms with Crippen molar-refractivity contribution < 1.29 is 13.2 Å². The van der Waals surface area contributed by atoms with Gasteiger partial charge in [-0.15, -0.1) is 0 Å². The normalized spacial score (nSPS) is 21.0. The van der Waals surface area contributed by atoms with E-state index in [9.17, 15) is 13.2 Å². The first-order valence-corrected chi connectivity index (χ1v) is 6.95. The van der Waals surface area contributed by atoms with Gasteiger partial charge >= 0.3 is 6.18 Å². The van der Waals surface area contributed by atoms with E-state index in [4.69, 9.17) is 5.73 Å². The fourth-order valence-electron chi connectivity index (χ4n) is 3.03. The molecule has 1 aliphatic rings. The molecule has 2 N–H and O–H groups in total. The van der Waals surface area contributed by atoms with Crippen molar-refractivity contribution in [2.75, 3.05) is 19.6 Å². The SMILES string of the molecule is CCN(CCC(F)(F)F)C1(CN)CCCCCC1. The molecule has 0 aromatic rings. The highest BCUT2D eigenvalue weighted by atomic mass is 19.4. The van der Waals surface area contributed by atoms with E-state index in [0.717, 1.165) is 25.7 Å². The lowest BCUT2D eigenvalue weighted by Gasteiger charge is -2.43. The summed E-state index contributed by atoms with van der Waals surface area (Å²) < 4.78 is 37.1. The van der Waals surface area contributed by atoms with Crippen LogP contribution in [0.5, 0.6) is 0 Å². The van der Waals surface area contributed by atoms with Gasteiger partial charge in [0.05, 0.1) is 6.42 Å². The minimum absolute atomic E-state index is 0.0806. The zero-order chi connectivity index (χ0) is 13.6. The number of likely N-dealkylation sites (N-methyl/N-ethyl adjacent to an activating group) is 1. The first-order chi connectivity index (χ1) is 8.43. The maximum Gasteiger partial charge on any atom is 0.390 e. The molecular weight excluding hydrogens is 241 g/mol. The molecule has 0 spiro atoms. The molecule has 0 unspecified atom stereocenters. The summed E-state index contributed by atoms with van der Waals surface area (Å²) in [7, 11) is 0. The average Bonchev–Trinajstić information content (AvgIpc) is 2.55. The van der Waals surface area contributed by atoms with Crippen molar-refractivity contribution in [1.82, 2.24) is 4.90 Å². The maximum absolute atomic E-state index is 12.4. The van der Waals surface area contributed by atoms with Crippen LogP contribution in [0, 0.1) is 0 Å². The quantitative estimate of drug-likeness (QED) is 0.773. The van der Waals surface area contributed by atoms with Crippen LogP contribution in [0.4, 0.5) is 13.2 Å². The summed E-state index contributed by atoms with van der Waals surface area (Å²) in [4.78, 5) is 1.96. The standard InChI is InChI=1S/C13H25F3N2/c1-2-18(10-9-13(14,15)16)12(11-17)7-5-3-4-6-8-12/h2-11,17H2,1H3. The van der Waals surface area contributed by atoms with Crippen LogP contribution >= 0.6 is 0 Å². The summed E-state index contributed by atoms with van der Waals surface area (Å²) in [6, 6.07) is 0. The number of nitrogens with two attached hydrogens (primary N) is 1. The molecule has 0 atom stereocenters. The third kappa shape index (κ3) is 4.43. The lowest BCUT2D eigenvalue weighted by molar-refractivity contribution is -0.141. The van der Waals surface area contributed by atoms with Gasteiger partial charge in [0.1, 0.15) is 0 Å². The topological polar surface area (TPSA) is 29.3 Å². The summed E-state index contributed by atoms with van der Waals surface area (Å²) in [5, 5.41) is 0. The summed E-state index contributed by atoms with van der Waals surface area (Å²) >= 11 is 0. The first kappa shape index (κ1) is 15.8. The Hall–Kier alpha value is -0.290. The van der Waals surface area contributed by atoms with E-state index >= 15 is 0 Å². The highest BCUT2D eigenvalue weighted by Gasteiger charge is 2.37. The van der Waals surface area contributed by atoms with Crippen LogP contribution in [0.3, 0.4) is 0 Å². The average molecular weight is 266 g/mol. The second kappa shape index (κ2) is 6.75. The molecule has 0 aromatic heterocycles. The molecule has 1 rings (SSSR count).